The molecule has 2 aromatic rings. The minimum Gasteiger partial charge on any atom is -0.480 e. The maximum Gasteiger partial charge on any atom is 0.323 e. The van der Waals surface area contributed by atoms with E-state index in [1.54, 1.807) is 29.2 Å². The number of aliphatic carboxylic acids is 1. The summed E-state index contributed by atoms with van der Waals surface area (Å²) in [5, 5.41) is 8.91. The molecule has 0 unspecified atom stereocenters. The van der Waals surface area contributed by atoms with E-state index in [4.69, 9.17) is 17.3 Å². The summed E-state index contributed by atoms with van der Waals surface area (Å²) in [6.45, 7) is 0.428. The monoisotopic (exact) mass is 473 g/mol. The Morgan fingerprint density at radius 3 is 2.57 bits per heavy atom. The Kier molecular flexibility index (Phi) is 6.83. The second kappa shape index (κ2) is 9.32. The van der Waals surface area contributed by atoms with E-state index in [2.05, 4.69) is 15.9 Å². The van der Waals surface area contributed by atoms with Gasteiger partial charge in [-0.3, -0.25) is 9.59 Å². The van der Waals surface area contributed by atoms with Crippen LogP contribution in [0.4, 0.5) is 0 Å². The standard InChI is InChI=1S/C21H16BrNO3S2/c22-17-3-1-2-16(11-17)19(24)9-8-14-4-6-15(7-5-14)10-18-12-23(13-20(25)26)21(27)28-18/h1-11H,12-13H2,(H,25,26)/b9-8+,18-10?. The first-order valence-corrected chi connectivity index (χ1v) is 10.4. The van der Waals surface area contributed by atoms with Crippen LogP contribution in [-0.4, -0.2) is 39.2 Å². The van der Waals surface area contributed by atoms with Crippen LogP contribution in [-0.2, 0) is 4.79 Å². The molecule has 2 aromatic carbocycles. The Morgan fingerprint density at radius 2 is 1.89 bits per heavy atom. The van der Waals surface area contributed by atoms with Gasteiger partial charge < -0.3 is 10.0 Å². The van der Waals surface area contributed by atoms with Gasteiger partial charge in [0.25, 0.3) is 0 Å². The van der Waals surface area contributed by atoms with Crippen LogP contribution in [0.15, 0.2) is 64.0 Å². The van der Waals surface area contributed by atoms with E-state index in [9.17, 15) is 9.59 Å². The summed E-state index contributed by atoms with van der Waals surface area (Å²) in [5.41, 5.74) is 2.55. The first-order valence-electron chi connectivity index (χ1n) is 8.38. The molecule has 0 bridgehead atoms. The van der Waals surface area contributed by atoms with Crippen molar-refractivity contribution in [3.8, 4) is 0 Å². The van der Waals surface area contributed by atoms with Crippen molar-refractivity contribution in [1.82, 2.24) is 4.90 Å². The highest BCUT2D eigenvalue weighted by Gasteiger charge is 2.23. The molecule has 0 saturated carbocycles. The quantitative estimate of drug-likeness (QED) is 0.357. The van der Waals surface area contributed by atoms with E-state index in [0.717, 1.165) is 20.5 Å². The zero-order valence-corrected chi connectivity index (χ0v) is 17.9. The molecular weight excluding hydrogens is 458 g/mol. The smallest absolute Gasteiger partial charge is 0.323 e. The summed E-state index contributed by atoms with van der Waals surface area (Å²) >= 11 is 10.0. The van der Waals surface area contributed by atoms with Crippen molar-refractivity contribution in [2.75, 3.05) is 13.1 Å². The van der Waals surface area contributed by atoms with Crippen molar-refractivity contribution >= 4 is 68.1 Å². The fourth-order valence-corrected chi connectivity index (χ4v) is 4.37. The molecule has 28 heavy (non-hydrogen) atoms. The van der Waals surface area contributed by atoms with Gasteiger partial charge in [0.15, 0.2) is 5.78 Å². The third-order valence-electron chi connectivity index (χ3n) is 3.95. The number of carbonyl (C=O) groups excluding carboxylic acids is 1. The molecule has 1 aliphatic rings. The van der Waals surface area contributed by atoms with Crippen molar-refractivity contribution in [3.05, 3.63) is 80.7 Å². The number of benzene rings is 2. The maximum atomic E-state index is 12.2. The first kappa shape index (κ1) is 20.5. The number of ketones is 1. The zero-order valence-electron chi connectivity index (χ0n) is 14.7. The molecule has 0 radical (unpaired) electrons. The molecule has 1 saturated heterocycles. The number of hydrogen-bond acceptors (Lipinski definition) is 4. The number of carbonyl (C=O) groups is 2. The van der Waals surface area contributed by atoms with Gasteiger partial charge in [0.05, 0.1) is 6.54 Å². The van der Waals surface area contributed by atoms with Gasteiger partial charge >= 0.3 is 5.97 Å². The number of hydrogen-bond donors (Lipinski definition) is 1. The van der Waals surface area contributed by atoms with Crippen LogP contribution in [0.5, 0.6) is 0 Å². The first-order chi connectivity index (χ1) is 13.4. The number of rotatable bonds is 6. The van der Waals surface area contributed by atoms with Crippen molar-refractivity contribution in [3.63, 3.8) is 0 Å². The predicted octanol–water partition coefficient (Wildman–Crippen LogP) is 5.10. The van der Waals surface area contributed by atoms with Gasteiger partial charge in [0, 0.05) is 14.9 Å². The van der Waals surface area contributed by atoms with Crippen molar-refractivity contribution < 1.29 is 14.7 Å². The number of thioether (sulfide) groups is 1. The van der Waals surface area contributed by atoms with Gasteiger partial charge in [-0.25, -0.2) is 0 Å². The molecular formula is C21H16BrNO3S2. The number of carboxylic acid groups (broad SMARTS) is 1. The highest BCUT2D eigenvalue weighted by Crippen LogP contribution is 2.31. The zero-order chi connectivity index (χ0) is 20.1. The molecule has 1 aliphatic heterocycles. The predicted molar refractivity (Wildman–Crippen MR) is 121 cm³/mol. The SMILES string of the molecule is O=C(O)CN1CC(=Cc2ccc(/C=C/C(=O)c3cccc(Br)c3)cc2)SC1=S. The number of allylic oxidation sites excluding steroid dienone is 1. The van der Waals surface area contributed by atoms with Crippen molar-refractivity contribution in [1.29, 1.82) is 0 Å². The third kappa shape index (κ3) is 5.64. The van der Waals surface area contributed by atoms with E-state index in [-0.39, 0.29) is 12.3 Å². The van der Waals surface area contributed by atoms with Gasteiger partial charge in [0.2, 0.25) is 0 Å². The molecule has 0 atom stereocenters. The van der Waals surface area contributed by atoms with Gasteiger partial charge in [-0.2, -0.15) is 0 Å². The van der Waals surface area contributed by atoms with Crippen LogP contribution >= 0.6 is 39.9 Å². The van der Waals surface area contributed by atoms with Crippen LogP contribution in [0.25, 0.3) is 12.2 Å². The van der Waals surface area contributed by atoms with E-state index in [1.807, 2.05) is 42.5 Å². The van der Waals surface area contributed by atoms with Crippen LogP contribution < -0.4 is 0 Å². The summed E-state index contributed by atoms with van der Waals surface area (Å²) in [6, 6.07) is 15.1. The van der Waals surface area contributed by atoms with E-state index >= 15 is 0 Å². The van der Waals surface area contributed by atoms with E-state index in [0.29, 0.717) is 16.4 Å². The molecule has 0 amide bonds. The molecule has 0 spiro atoms. The average molecular weight is 474 g/mol. The van der Waals surface area contributed by atoms with E-state index < -0.39 is 5.97 Å². The minimum atomic E-state index is -0.891. The van der Waals surface area contributed by atoms with Gasteiger partial charge in [0.1, 0.15) is 10.9 Å². The molecule has 1 N–H and O–H groups in total. The molecule has 0 aliphatic carbocycles. The summed E-state index contributed by atoms with van der Waals surface area (Å²) < 4.78 is 1.45. The molecule has 1 fully saturated rings. The maximum absolute atomic E-state index is 12.2. The molecule has 7 heteroatoms. The highest BCUT2D eigenvalue weighted by molar-refractivity contribution is 9.10. The van der Waals surface area contributed by atoms with Gasteiger partial charge in [-0.1, -0.05) is 82.4 Å². The lowest BCUT2D eigenvalue weighted by molar-refractivity contribution is -0.137. The Labute approximate surface area is 181 Å². The summed E-state index contributed by atoms with van der Waals surface area (Å²) in [5.74, 6) is -0.945. The largest absolute Gasteiger partial charge is 0.480 e. The number of halogens is 1. The Bertz CT molecular complexity index is 983. The summed E-state index contributed by atoms with van der Waals surface area (Å²) in [6.07, 6.45) is 5.34. The highest BCUT2D eigenvalue weighted by atomic mass is 79.9. The third-order valence-corrected chi connectivity index (χ3v) is 5.89. The lowest BCUT2D eigenvalue weighted by Crippen LogP contribution is -2.29. The fourth-order valence-electron chi connectivity index (χ4n) is 2.62. The fraction of sp³-hybridized carbons (Fsp3) is 0.0952. The van der Waals surface area contributed by atoms with Gasteiger partial charge in [-0.05, 0) is 35.4 Å². The van der Waals surface area contributed by atoms with Crippen LogP contribution in [0, 0.1) is 0 Å². The molecule has 142 valence electrons. The summed E-state index contributed by atoms with van der Waals surface area (Å²) in [4.78, 5) is 25.8. The van der Waals surface area contributed by atoms with Gasteiger partial charge in [-0.15, -0.1) is 0 Å². The number of carboxylic acids is 1. The van der Waals surface area contributed by atoms with Crippen LogP contribution in [0.1, 0.15) is 21.5 Å². The van der Waals surface area contributed by atoms with Crippen molar-refractivity contribution in [2.45, 2.75) is 0 Å². The van der Waals surface area contributed by atoms with Crippen LogP contribution in [0.3, 0.4) is 0 Å². The Morgan fingerprint density at radius 1 is 1.18 bits per heavy atom. The average Bonchev–Trinajstić information content (AvgIpc) is 2.99. The molecule has 0 aromatic heterocycles. The second-order valence-electron chi connectivity index (χ2n) is 6.10. The topological polar surface area (TPSA) is 57.6 Å². The van der Waals surface area contributed by atoms with Crippen molar-refractivity contribution in [2.24, 2.45) is 0 Å². The number of thiocarbonyl (C=S) groups is 1. The molecule has 3 rings (SSSR count). The minimum absolute atomic E-state index is 0.0538. The number of nitrogens with zero attached hydrogens (tertiary/aromatic N) is 1. The van der Waals surface area contributed by atoms with E-state index in [1.165, 1.54) is 11.8 Å². The Hall–Kier alpha value is -2.22. The lowest BCUT2D eigenvalue weighted by atomic mass is 10.1. The normalized spacial score (nSPS) is 15.5. The Balaban J connectivity index is 1.64. The molecule has 1 heterocycles. The second-order valence-corrected chi connectivity index (χ2v) is 8.78. The molecule has 4 nitrogen and oxygen atoms in total. The summed E-state index contributed by atoms with van der Waals surface area (Å²) in [7, 11) is 0. The van der Waals surface area contributed by atoms with Crippen LogP contribution in [0.2, 0.25) is 0 Å². The lowest BCUT2D eigenvalue weighted by Gasteiger charge is -2.12.